The number of nitrogens with zero attached hydrogens (tertiary/aromatic N) is 1. The molecule has 0 aliphatic heterocycles. The number of aromatic nitrogens is 1. The van der Waals surface area contributed by atoms with E-state index in [1.165, 1.54) is 13.3 Å². The quantitative estimate of drug-likeness (QED) is 0.731. The monoisotopic (exact) mass is 210 g/mol. The first kappa shape index (κ1) is 11.5. The summed E-state index contributed by atoms with van der Waals surface area (Å²) < 4.78 is 9.81. The lowest BCUT2D eigenvalue weighted by Gasteiger charge is -2.11. The van der Waals surface area contributed by atoms with E-state index < -0.39 is 12.1 Å². The maximum absolute atomic E-state index is 11.1. The number of rotatable bonds is 4. The molecule has 0 bridgehead atoms. The van der Waals surface area contributed by atoms with Crippen LogP contribution in [0.2, 0.25) is 0 Å². The molecular formula is C10H14N2O3. The van der Waals surface area contributed by atoms with Gasteiger partial charge in [0, 0.05) is 6.54 Å². The van der Waals surface area contributed by atoms with Crippen LogP contribution in [0.3, 0.4) is 0 Å². The van der Waals surface area contributed by atoms with Crippen molar-refractivity contribution >= 4 is 5.97 Å². The van der Waals surface area contributed by atoms with Crippen molar-refractivity contribution in [1.29, 1.82) is 0 Å². The van der Waals surface area contributed by atoms with E-state index in [-0.39, 0.29) is 0 Å². The number of hydrogen-bond donors (Lipinski definition) is 1. The Labute approximate surface area is 88.2 Å². The predicted octanol–water partition coefficient (Wildman–Crippen LogP) is 0.481. The average Bonchev–Trinajstić information content (AvgIpc) is 2.29. The second-order valence-electron chi connectivity index (χ2n) is 2.97. The molecule has 5 nitrogen and oxygen atoms in total. The third-order valence-corrected chi connectivity index (χ3v) is 1.85. The summed E-state index contributed by atoms with van der Waals surface area (Å²) >= 11 is 0. The van der Waals surface area contributed by atoms with Gasteiger partial charge in [0.25, 0.3) is 0 Å². The van der Waals surface area contributed by atoms with Gasteiger partial charge in [-0.25, -0.2) is 4.79 Å². The standard InChI is InChI=1S/C10H14N2O3/c1-7(10(13)14-2)15-9-4-3-8(5-11)12-6-9/h3-4,6-7H,5,11H2,1-2H3. The smallest absolute Gasteiger partial charge is 0.346 e. The Kier molecular flexibility index (Phi) is 4.05. The molecule has 0 aromatic carbocycles. The van der Waals surface area contributed by atoms with Crippen molar-refractivity contribution in [3.63, 3.8) is 0 Å². The average molecular weight is 210 g/mol. The Morgan fingerprint density at radius 3 is 2.80 bits per heavy atom. The Morgan fingerprint density at radius 2 is 2.33 bits per heavy atom. The molecule has 0 fully saturated rings. The van der Waals surface area contributed by atoms with Crippen molar-refractivity contribution in [3.05, 3.63) is 24.0 Å². The number of pyridine rings is 1. The van der Waals surface area contributed by atoms with E-state index in [0.717, 1.165) is 5.69 Å². The van der Waals surface area contributed by atoms with E-state index in [4.69, 9.17) is 10.5 Å². The molecule has 1 aromatic heterocycles. The Morgan fingerprint density at radius 1 is 1.60 bits per heavy atom. The lowest BCUT2D eigenvalue weighted by molar-refractivity contribution is -0.147. The topological polar surface area (TPSA) is 74.4 Å². The van der Waals surface area contributed by atoms with Gasteiger partial charge in [0.1, 0.15) is 5.75 Å². The molecule has 1 rings (SSSR count). The van der Waals surface area contributed by atoms with Crippen LogP contribution < -0.4 is 10.5 Å². The van der Waals surface area contributed by atoms with Crippen molar-refractivity contribution in [2.45, 2.75) is 19.6 Å². The van der Waals surface area contributed by atoms with Crippen molar-refractivity contribution < 1.29 is 14.3 Å². The minimum absolute atomic E-state index is 0.382. The maximum atomic E-state index is 11.1. The number of methoxy groups -OCH3 is 1. The van der Waals surface area contributed by atoms with Crippen LogP contribution in [-0.2, 0) is 16.1 Å². The van der Waals surface area contributed by atoms with E-state index in [0.29, 0.717) is 12.3 Å². The number of carbonyl (C=O) groups is 1. The summed E-state index contributed by atoms with van der Waals surface area (Å²) in [5.41, 5.74) is 6.16. The minimum atomic E-state index is -0.638. The summed E-state index contributed by atoms with van der Waals surface area (Å²) in [6.07, 6.45) is 0.891. The lowest BCUT2D eigenvalue weighted by atomic mass is 10.3. The van der Waals surface area contributed by atoms with Gasteiger partial charge in [-0.05, 0) is 19.1 Å². The number of hydrogen-bond acceptors (Lipinski definition) is 5. The zero-order chi connectivity index (χ0) is 11.3. The molecule has 0 saturated heterocycles. The SMILES string of the molecule is COC(=O)C(C)Oc1ccc(CN)nc1. The van der Waals surface area contributed by atoms with Crippen LogP contribution in [-0.4, -0.2) is 24.2 Å². The molecule has 82 valence electrons. The zero-order valence-corrected chi connectivity index (χ0v) is 8.77. The lowest BCUT2D eigenvalue weighted by Crippen LogP contribution is -2.24. The van der Waals surface area contributed by atoms with E-state index >= 15 is 0 Å². The first-order chi connectivity index (χ1) is 7.17. The van der Waals surface area contributed by atoms with Gasteiger partial charge in [0.05, 0.1) is 19.0 Å². The van der Waals surface area contributed by atoms with Gasteiger partial charge in [0.15, 0.2) is 6.10 Å². The van der Waals surface area contributed by atoms with Crippen molar-refractivity contribution in [1.82, 2.24) is 4.98 Å². The molecule has 0 aliphatic carbocycles. The fourth-order valence-electron chi connectivity index (χ4n) is 1.02. The Hall–Kier alpha value is -1.62. The van der Waals surface area contributed by atoms with Gasteiger partial charge in [0.2, 0.25) is 0 Å². The van der Waals surface area contributed by atoms with Crippen LogP contribution in [0.4, 0.5) is 0 Å². The van der Waals surface area contributed by atoms with Crippen molar-refractivity contribution in [3.8, 4) is 5.75 Å². The van der Waals surface area contributed by atoms with Crippen molar-refractivity contribution in [2.24, 2.45) is 5.73 Å². The van der Waals surface area contributed by atoms with Crippen LogP contribution in [0.5, 0.6) is 5.75 Å². The first-order valence-corrected chi connectivity index (χ1v) is 4.57. The van der Waals surface area contributed by atoms with Gasteiger partial charge in [-0.1, -0.05) is 0 Å². The summed E-state index contributed by atoms with van der Waals surface area (Å²) in [6.45, 7) is 2.00. The molecule has 0 spiro atoms. The molecule has 2 N–H and O–H groups in total. The molecule has 1 unspecified atom stereocenters. The number of ether oxygens (including phenoxy) is 2. The summed E-state index contributed by atoms with van der Waals surface area (Å²) in [5.74, 6) is 0.100. The highest BCUT2D eigenvalue weighted by atomic mass is 16.6. The Balaban J connectivity index is 2.60. The van der Waals surface area contributed by atoms with Gasteiger partial charge < -0.3 is 15.2 Å². The number of nitrogens with two attached hydrogens (primary N) is 1. The first-order valence-electron chi connectivity index (χ1n) is 4.57. The second kappa shape index (κ2) is 5.31. The maximum Gasteiger partial charge on any atom is 0.346 e. The van der Waals surface area contributed by atoms with Gasteiger partial charge in [-0.2, -0.15) is 0 Å². The summed E-state index contributed by atoms with van der Waals surface area (Å²) in [7, 11) is 1.32. The predicted molar refractivity (Wildman–Crippen MR) is 54.2 cm³/mol. The summed E-state index contributed by atoms with van der Waals surface area (Å²) in [5, 5.41) is 0. The highest BCUT2D eigenvalue weighted by Gasteiger charge is 2.14. The molecule has 0 saturated carbocycles. The fraction of sp³-hybridized carbons (Fsp3) is 0.400. The molecule has 5 heteroatoms. The second-order valence-corrected chi connectivity index (χ2v) is 2.97. The molecular weight excluding hydrogens is 196 g/mol. The van der Waals surface area contributed by atoms with E-state index in [1.807, 2.05) is 0 Å². The number of carbonyl (C=O) groups excluding carboxylic acids is 1. The molecule has 1 aromatic rings. The fourth-order valence-corrected chi connectivity index (χ4v) is 1.02. The molecule has 15 heavy (non-hydrogen) atoms. The van der Waals surface area contributed by atoms with Crippen LogP contribution in [0.1, 0.15) is 12.6 Å². The third kappa shape index (κ3) is 3.21. The van der Waals surface area contributed by atoms with E-state index in [1.54, 1.807) is 19.1 Å². The highest BCUT2D eigenvalue weighted by Crippen LogP contribution is 2.11. The largest absolute Gasteiger partial charge is 0.477 e. The molecule has 0 radical (unpaired) electrons. The van der Waals surface area contributed by atoms with Gasteiger partial charge >= 0.3 is 5.97 Å². The third-order valence-electron chi connectivity index (χ3n) is 1.85. The summed E-state index contributed by atoms with van der Waals surface area (Å²) in [6, 6.07) is 3.47. The van der Waals surface area contributed by atoms with E-state index in [2.05, 4.69) is 9.72 Å². The normalized spacial score (nSPS) is 11.9. The van der Waals surface area contributed by atoms with Crippen LogP contribution in [0, 0.1) is 0 Å². The number of esters is 1. The highest BCUT2D eigenvalue weighted by molar-refractivity contribution is 5.74. The van der Waals surface area contributed by atoms with Crippen LogP contribution >= 0.6 is 0 Å². The Bertz CT molecular complexity index is 324. The van der Waals surface area contributed by atoms with Crippen molar-refractivity contribution in [2.75, 3.05) is 7.11 Å². The molecule has 0 amide bonds. The van der Waals surface area contributed by atoms with Gasteiger partial charge in [-0.15, -0.1) is 0 Å². The molecule has 1 heterocycles. The van der Waals surface area contributed by atoms with Crippen LogP contribution in [0.25, 0.3) is 0 Å². The van der Waals surface area contributed by atoms with Gasteiger partial charge in [-0.3, -0.25) is 4.98 Å². The summed E-state index contributed by atoms with van der Waals surface area (Å²) in [4.78, 5) is 15.1. The zero-order valence-electron chi connectivity index (χ0n) is 8.77. The van der Waals surface area contributed by atoms with E-state index in [9.17, 15) is 4.79 Å². The molecule has 0 aliphatic rings. The van der Waals surface area contributed by atoms with Crippen LogP contribution in [0.15, 0.2) is 18.3 Å². The molecule has 1 atom stereocenters. The minimum Gasteiger partial charge on any atom is -0.477 e.